The number of carbonyl (C=O) groups excluding carboxylic acids is 1. The number of carbonyl (C=O) groups is 1. The summed E-state index contributed by atoms with van der Waals surface area (Å²) in [4.78, 5) is 11.6. The number of amides is 1. The van der Waals surface area contributed by atoms with Gasteiger partial charge >= 0.3 is 0 Å². The molecule has 0 saturated heterocycles. The first-order valence-corrected chi connectivity index (χ1v) is 5.27. The third-order valence-corrected chi connectivity index (χ3v) is 2.92. The largest absolute Gasteiger partial charge is 0.319 e. The van der Waals surface area contributed by atoms with Crippen molar-refractivity contribution in [3.05, 3.63) is 34.1 Å². The van der Waals surface area contributed by atoms with Crippen molar-refractivity contribution in [3.8, 4) is 0 Å². The standard InChI is InChI=1S/C9H8BrN5O/c1-5-6(10)3-2-4-7(5)11-9(16)8-12-14-15-13-8/h2-4H,1H3,(H,11,16)(H,12,13,14,15). The number of halogens is 1. The summed E-state index contributed by atoms with van der Waals surface area (Å²) in [6, 6.07) is 5.54. The van der Waals surface area contributed by atoms with Crippen LogP contribution in [0.5, 0.6) is 0 Å². The van der Waals surface area contributed by atoms with E-state index in [4.69, 9.17) is 0 Å². The molecule has 2 N–H and O–H groups in total. The minimum absolute atomic E-state index is 0.0133. The summed E-state index contributed by atoms with van der Waals surface area (Å²) in [5.41, 5.74) is 1.66. The monoisotopic (exact) mass is 281 g/mol. The number of rotatable bonds is 2. The van der Waals surface area contributed by atoms with Crippen molar-refractivity contribution in [1.29, 1.82) is 0 Å². The number of H-pyrrole nitrogens is 1. The first-order valence-electron chi connectivity index (χ1n) is 4.48. The van der Waals surface area contributed by atoms with Crippen LogP contribution in [0.3, 0.4) is 0 Å². The molecule has 0 bridgehead atoms. The molecule has 0 unspecified atom stereocenters. The molecule has 0 aliphatic heterocycles. The Morgan fingerprint density at radius 1 is 1.50 bits per heavy atom. The molecular formula is C9H8BrN5O. The lowest BCUT2D eigenvalue weighted by atomic mass is 10.2. The number of aromatic amines is 1. The number of nitrogens with zero attached hydrogens (tertiary/aromatic N) is 3. The SMILES string of the molecule is Cc1c(Br)cccc1NC(=O)c1nn[nH]n1. The molecule has 2 rings (SSSR count). The molecule has 0 spiro atoms. The molecule has 0 radical (unpaired) electrons. The highest BCUT2D eigenvalue weighted by Crippen LogP contribution is 2.23. The number of nitrogens with one attached hydrogen (secondary N) is 2. The molecule has 1 aromatic heterocycles. The van der Waals surface area contributed by atoms with Crippen LogP contribution in [0.4, 0.5) is 5.69 Å². The molecule has 1 heterocycles. The van der Waals surface area contributed by atoms with Crippen LogP contribution in [0.1, 0.15) is 16.2 Å². The lowest BCUT2D eigenvalue weighted by molar-refractivity contribution is 0.101. The van der Waals surface area contributed by atoms with Gasteiger partial charge in [0.15, 0.2) is 0 Å². The second-order valence-corrected chi connectivity index (χ2v) is 3.96. The van der Waals surface area contributed by atoms with E-state index in [2.05, 4.69) is 41.9 Å². The van der Waals surface area contributed by atoms with Crippen LogP contribution in [0.15, 0.2) is 22.7 Å². The summed E-state index contributed by atoms with van der Waals surface area (Å²) in [7, 11) is 0. The van der Waals surface area contributed by atoms with E-state index >= 15 is 0 Å². The van der Waals surface area contributed by atoms with Crippen molar-refractivity contribution in [3.63, 3.8) is 0 Å². The summed E-state index contributed by atoms with van der Waals surface area (Å²) >= 11 is 3.38. The van der Waals surface area contributed by atoms with Gasteiger partial charge in [-0.05, 0) is 29.8 Å². The Labute approximate surface area is 99.6 Å². The van der Waals surface area contributed by atoms with E-state index in [0.29, 0.717) is 5.69 Å². The van der Waals surface area contributed by atoms with Gasteiger partial charge in [0.2, 0.25) is 0 Å². The quantitative estimate of drug-likeness (QED) is 0.874. The van der Waals surface area contributed by atoms with Crippen molar-refractivity contribution >= 4 is 27.5 Å². The number of aromatic nitrogens is 4. The van der Waals surface area contributed by atoms with Gasteiger partial charge in [0.05, 0.1) is 0 Å². The molecule has 7 heteroatoms. The van der Waals surface area contributed by atoms with Crippen LogP contribution in [0, 0.1) is 6.92 Å². The zero-order valence-corrected chi connectivity index (χ0v) is 9.95. The lowest BCUT2D eigenvalue weighted by Crippen LogP contribution is -2.14. The minimum atomic E-state index is -0.394. The second-order valence-electron chi connectivity index (χ2n) is 3.10. The molecule has 2 aromatic rings. The smallest absolute Gasteiger partial charge is 0.297 e. The van der Waals surface area contributed by atoms with Gasteiger partial charge in [-0.1, -0.05) is 22.0 Å². The van der Waals surface area contributed by atoms with Crippen molar-refractivity contribution in [2.24, 2.45) is 0 Å². The molecular weight excluding hydrogens is 274 g/mol. The molecule has 0 aliphatic carbocycles. The van der Waals surface area contributed by atoms with Gasteiger partial charge in [-0.2, -0.15) is 5.21 Å². The Hall–Kier alpha value is -1.76. The van der Waals surface area contributed by atoms with Crippen molar-refractivity contribution in [2.75, 3.05) is 5.32 Å². The highest BCUT2D eigenvalue weighted by Gasteiger charge is 2.12. The maximum atomic E-state index is 11.6. The summed E-state index contributed by atoms with van der Waals surface area (Å²) in [5, 5.41) is 15.4. The Kier molecular flexibility index (Phi) is 2.95. The molecule has 16 heavy (non-hydrogen) atoms. The fourth-order valence-electron chi connectivity index (χ4n) is 1.18. The number of hydrogen-bond donors (Lipinski definition) is 2. The average molecular weight is 282 g/mol. The highest BCUT2D eigenvalue weighted by molar-refractivity contribution is 9.10. The van der Waals surface area contributed by atoms with Gasteiger partial charge in [-0.25, -0.2) is 0 Å². The summed E-state index contributed by atoms with van der Waals surface area (Å²) in [5.74, 6) is -0.380. The van der Waals surface area contributed by atoms with Crippen LogP contribution in [0.25, 0.3) is 0 Å². The fraction of sp³-hybridized carbons (Fsp3) is 0.111. The maximum absolute atomic E-state index is 11.6. The van der Waals surface area contributed by atoms with E-state index in [1.807, 2.05) is 19.1 Å². The van der Waals surface area contributed by atoms with Crippen molar-refractivity contribution in [2.45, 2.75) is 6.92 Å². The lowest BCUT2D eigenvalue weighted by Gasteiger charge is -2.07. The van der Waals surface area contributed by atoms with Crippen molar-refractivity contribution in [1.82, 2.24) is 20.6 Å². The summed E-state index contributed by atoms with van der Waals surface area (Å²) < 4.78 is 0.929. The van der Waals surface area contributed by atoms with Crippen LogP contribution >= 0.6 is 15.9 Å². The number of tetrazole rings is 1. The summed E-state index contributed by atoms with van der Waals surface area (Å²) in [6.07, 6.45) is 0. The fourth-order valence-corrected chi connectivity index (χ4v) is 1.55. The predicted octanol–water partition coefficient (Wildman–Crippen LogP) is 1.52. The molecule has 0 aliphatic rings. The number of anilines is 1. The van der Waals surface area contributed by atoms with E-state index in [9.17, 15) is 4.79 Å². The van der Waals surface area contributed by atoms with Crippen LogP contribution < -0.4 is 5.32 Å². The molecule has 0 atom stereocenters. The van der Waals surface area contributed by atoms with Crippen LogP contribution in [-0.2, 0) is 0 Å². The Balaban J connectivity index is 2.22. The first kappa shape index (κ1) is 10.7. The first-order chi connectivity index (χ1) is 7.68. The second kappa shape index (κ2) is 4.40. The number of benzene rings is 1. The summed E-state index contributed by atoms with van der Waals surface area (Å²) in [6.45, 7) is 1.90. The number of hydrogen-bond acceptors (Lipinski definition) is 4. The molecule has 1 aromatic carbocycles. The zero-order valence-electron chi connectivity index (χ0n) is 8.36. The van der Waals surface area contributed by atoms with E-state index in [-0.39, 0.29) is 5.82 Å². The van der Waals surface area contributed by atoms with Crippen molar-refractivity contribution < 1.29 is 4.79 Å². The van der Waals surface area contributed by atoms with E-state index in [0.717, 1.165) is 10.0 Å². The highest BCUT2D eigenvalue weighted by atomic mass is 79.9. The molecule has 1 amide bonds. The van der Waals surface area contributed by atoms with E-state index in [1.165, 1.54) is 0 Å². The topological polar surface area (TPSA) is 83.6 Å². The van der Waals surface area contributed by atoms with Gasteiger partial charge in [0.25, 0.3) is 11.7 Å². The molecule has 82 valence electrons. The van der Waals surface area contributed by atoms with Gasteiger partial charge in [0.1, 0.15) is 0 Å². The maximum Gasteiger partial charge on any atom is 0.297 e. The zero-order chi connectivity index (χ0) is 11.5. The van der Waals surface area contributed by atoms with E-state index in [1.54, 1.807) is 6.07 Å². The van der Waals surface area contributed by atoms with Gasteiger partial charge < -0.3 is 5.32 Å². The molecule has 6 nitrogen and oxygen atoms in total. The third-order valence-electron chi connectivity index (χ3n) is 2.06. The predicted molar refractivity (Wildman–Crippen MR) is 61.0 cm³/mol. The van der Waals surface area contributed by atoms with Crippen LogP contribution in [-0.4, -0.2) is 26.5 Å². The van der Waals surface area contributed by atoms with Gasteiger partial charge in [0, 0.05) is 10.2 Å². The molecule has 0 saturated carbocycles. The normalized spacial score (nSPS) is 10.1. The van der Waals surface area contributed by atoms with E-state index < -0.39 is 5.91 Å². The van der Waals surface area contributed by atoms with Gasteiger partial charge in [-0.3, -0.25) is 4.79 Å². The Bertz CT molecular complexity index is 511. The van der Waals surface area contributed by atoms with Crippen LogP contribution in [0.2, 0.25) is 0 Å². The minimum Gasteiger partial charge on any atom is -0.319 e. The average Bonchev–Trinajstić information content (AvgIpc) is 2.78. The Morgan fingerprint density at radius 3 is 3.00 bits per heavy atom. The Morgan fingerprint density at radius 2 is 2.31 bits per heavy atom. The van der Waals surface area contributed by atoms with Gasteiger partial charge in [-0.15, -0.1) is 10.2 Å². The third kappa shape index (κ3) is 2.08. The molecule has 0 fully saturated rings.